The van der Waals surface area contributed by atoms with Gasteiger partial charge in [-0.25, -0.2) is 9.50 Å². The SMILES string of the molecule is O=C1C[C@H](c2cccc(Cl)c2)Cc2nc3nc(SCc4ccc(Br)cc4)nn3cc21. The number of hydrogen-bond acceptors (Lipinski definition) is 5. The predicted octanol–water partition coefficient (Wildman–Crippen LogP) is 5.75. The van der Waals surface area contributed by atoms with Crippen molar-refractivity contribution in [3.05, 3.63) is 86.6 Å². The van der Waals surface area contributed by atoms with Crippen molar-refractivity contribution in [3.8, 4) is 0 Å². The number of benzene rings is 2. The van der Waals surface area contributed by atoms with Crippen LogP contribution in [0.2, 0.25) is 5.02 Å². The smallest absolute Gasteiger partial charge is 0.253 e. The van der Waals surface area contributed by atoms with Crippen molar-refractivity contribution >= 4 is 50.9 Å². The lowest BCUT2D eigenvalue weighted by atomic mass is 9.82. The molecule has 1 aliphatic carbocycles. The first-order chi connectivity index (χ1) is 14.5. The Kier molecular flexibility index (Phi) is 5.35. The Balaban J connectivity index is 1.40. The highest BCUT2D eigenvalue weighted by Crippen LogP contribution is 2.33. The van der Waals surface area contributed by atoms with Crippen LogP contribution in [0.25, 0.3) is 5.78 Å². The van der Waals surface area contributed by atoms with Crippen molar-refractivity contribution in [2.45, 2.75) is 29.7 Å². The molecule has 0 radical (unpaired) electrons. The van der Waals surface area contributed by atoms with Gasteiger partial charge in [0.2, 0.25) is 5.16 Å². The average Bonchev–Trinajstić information content (AvgIpc) is 3.14. The molecule has 150 valence electrons. The van der Waals surface area contributed by atoms with Crippen LogP contribution >= 0.6 is 39.3 Å². The summed E-state index contributed by atoms with van der Waals surface area (Å²) in [5, 5.41) is 5.83. The van der Waals surface area contributed by atoms with Crippen LogP contribution in [0.3, 0.4) is 0 Å². The topological polar surface area (TPSA) is 60.2 Å². The molecule has 2 heterocycles. The second-order valence-corrected chi connectivity index (χ2v) is 9.53. The van der Waals surface area contributed by atoms with Crippen molar-refractivity contribution in [2.24, 2.45) is 0 Å². The van der Waals surface area contributed by atoms with Gasteiger partial charge in [0.25, 0.3) is 5.78 Å². The monoisotopic (exact) mass is 498 g/mol. The predicted molar refractivity (Wildman–Crippen MR) is 121 cm³/mol. The molecule has 8 heteroatoms. The largest absolute Gasteiger partial charge is 0.294 e. The van der Waals surface area contributed by atoms with E-state index in [1.807, 2.05) is 36.4 Å². The fourth-order valence-electron chi connectivity index (χ4n) is 3.65. The zero-order chi connectivity index (χ0) is 20.7. The van der Waals surface area contributed by atoms with Crippen molar-refractivity contribution < 1.29 is 4.79 Å². The molecule has 0 fully saturated rings. The number of ketones is 1. The van der Waals surface area contributed by atoms with Crippen LogP contribution in [0.15, 0.2) is 64.4 Å². The van der Waals surface area contributed by atoms with Crippen LogP contribution in [0.5, 0.6) is 0 Å². The zero-order valence-electron chi connectivity index (χ0n) is 15.8. The van der Waals surface area contributed by atoms with E-state index in [0.29, 0.717) is 34.4 Å². The van der Waals surface area contributed by atoms with E-state index in [1.54, 1.807) is 22.5 Å². The Morgan fingerprint density at radius 3 is 2.77 bits per heavy atom. The fourth-order valence-corrected chi connectivity index (χ4v) is 4.89. The van der Waals surface area contributed by atoms with E-state index in [9.17, 15) is 4.79 Å². The van der Waals surface area contributed by atoms with Gasteiger partial charge in [-0.15, -0.1) is 5.10 Å². The molecule has 0 amide bonds. The van der Waals surface area contributed by atoms with E-state index in [0.717, 1.165) is 21.5 Å². The van der Waals surface area contributed by atoms with Crippen molar-refractivity contribution in [1.82, 2.24) is 19.6 Å². The van der Waals surface area contributed by atoms with E-state index < -0.39 is 0 Å². The van der Waals surface area contributed by atoms with Gasteiger partial charge in [-0.05, 0) is 47.7 Å². The number of fused-ring (bicyclic) bond motifs is 2. The minimum atomic E-state index is 0.0767. The minimum Gasteiger partial charge on any atom is -0.294 e. The second-order valence-electron chi connectivity index (χ2n) is 7.24. The quantitative estimate of drug-likeness (QED) is 0.335. The third-order valence-electron chi connectivity index (χ3n) is 5.16. The molecule has 0 bridgehead atoms. The molecule has 0 spiro atoms. The van der Waals surface area contributed by atoms with Crippen LogP contribution < -0.4 is 0 Å². The molecule has 1 atom stereocenters. The molecule has 2 aromatic heterocycles. The number of carbonyl (C=O) groups is 1. The Hall–Kier alpha value is -2.22. The summed E-state index contributed by atoms with van der Waals surface area (Å²) in [6, 6.07) is 15.9. The molecule has 4 aromatic rings. The summed E-state index contributed by atoms with van der Waals surface area (Å²) in [4.78, 5) is 22.0. The third-order valence-corrected chi connectivity index (χ3v) is 6.84. The van der Waals surface area contributed by atoms with Crippen molar-refractivity contribution in [3.63, 3.8) is 0 Å². The van der Waals surface area contributed by atoms with E-state index in [2.05, 4.69) is 43.1 Å². The van der Waals surface area contributed by atoms with E-state index in [-0.39, 0.29) is 11.7 Å². The van der Waals surface area contributed by atoms with Crippen LogP contribution in [-0.2, 0) is 12.2 Å². The lowest BCUT2D eigenvalue weighted by molar-refractivity contribution is 0.0962. The fraction of sp³-hybridized carbons (Fsp3) is 0.182. The molecule has 2 aromatic carbocycles. The van der Waals surface area contributed by atoms with Gasteiger partial charge in [0, 0.05) is 27.9 Å². The van der Waals surface area contributed by atoms with E-state index >= 15 is 0 Å². The summed E-state index contributed by atoms with van der Waals surface area (Å²) in [6.45, 7) is 0. The molecular formula is C22H16BrClN4OS. The summed E-state index contributed by atoms with van der Waals surface area (Å²) in [6.07, 6.45) is 2.90. The molecule has 1 aliphatic rings. The summed E-state index contributed by atoms with van der Waals surface area (Å²) in [5.41, 5.74) is 3.67. The molecule has 0 saturated heterocycles. The summed E-state index contributed by atoms with van der Waals surface area (Å²) in [7, 11) is 0. The van der Waals surface area contributed by atoms with Gasteiger partial charge >= 0.3 is 0 Å². The van der Waals surface area contributed by atoms with Gasteiger partial charge in [-0.1, -0.05) is 63.6 Å². The van der Waals surface area contributed by atoms with Gasteiger partial charge < -0.3 is 0 Å². The standard InChI is InChI=1S/C22H16BrClN4OS/c23-16-6-4-13(5-7-16)12-30-22-26-21-25-19-9-15(14-2-1-3-17(24)8-14)10-20(29)18(19)11-28(21)27-22/h1-8,11,15H,9-10,12H2/t15-/m1/s1. The first-order valence-electron chi connectivity index (χ1n) is 9.47. The molecular weight excluding hydrogens is 484 g/mol. The van der Waals surface area contributed by atoms with Crippen LogP contribution in [0.1, 0.15) is 39.5 Å². The number of rotatable bonds is 4. The van der Waals surface area contributed by atoms with Gasteiger partial charge in [0.05, 0.1) is 11.3 Å². The first kappa shape index (κ1) is 19.7. The maximum absolute atomic E-state index is 12.8. The van der Waals surface area contributed by atoms with Crippen molar-refractivity contribution in [2.75, 3.05) is 0 Å². The maximum atomic E-state index is 12.8. The van der Waals surface area contributed by atoms with Gasteiger partial charge in [-0.3, -0.25) is 4.79 Å². The highest BCUT2D eigenvalue weighted by molar-refractivity contribution is 9.10. The molecule has 0 unspecified atom stereocenters. The number of hydrogen-bond donors (Lipinski definition) is 0. The number of thioether (sulfide) groups is 1. The second kappa shape index (κ2) is 8.13. The Labute approximate surface area is 191 Å². The highest BCUT2D eigenvalue weighted by atomic mass is 79.9. The van der Waals surface area contributed by atoms with Gasteiger partial charge in [0.15, 0.2) is 5.78 Å². The van der Waals surface area contributed by atoms with Crippen molar-refractivity contribution in [1.29, 1.82) is 0 Å². The zero-order valence-corrected chi connectivity index (χ0v) is 18.9. The van der Waals surface area contributed by atoms with E-state index in [4.69, 9.17) is 11.6 Å². The number of Topliss-reactive ketones (excluding diaryl/α,β-unsaturated/α-hetero) is 1. The molecule has 5 nitrogen and oxygen atoms in total. The Bertz CT molecular complexity index is 1260. The lowest BCUT2D eigenvalue weighted by Gasteiger charge is -2.23. The van der Waals surface area contributed by atoms with Crippen LogP contribution in [-0.4, -0.2) is 25.4 Å². The summed E-state index contributed by atoms with van der Waals surface area (Å²) in [5.74, 6) is 1.44. The first-order valence-corrected chi connectivity index (χ1v) is 11.6. The summed E-state index contributed by atoms with van der Waals surface area (Å²) >= 11 is 11.1. The van der Waals surface area contributed by atoms with Crippen LogP contribution in [0.4, 0.5) is 0 Å². The normalized spacial score (nSPS) is 16.1. The maximum Gasteiger partial charge on any atom is 0.253 e. The van der Waals surface area contributed by atoms with E-state index in [1.165, 1.54) is 5.56 Å². The molecule has 0 saturated carbocycles. The molecule has 0 aliphatic heterocycles. The number of nitrogens with zero attached hydrogens (tertiary/aromatic N) is 4. The van der Waals surface area contributed by atoms with Gasteiger partial charge in [-0.2, -0.15) is 4.98 Å². The Morgan fingerprint density at radius 2 is 1.97 bits per heavy atom. The number of aromatic nitrogens is 4. The lowest BCUT2D eigenvalue weighted by Crippen LogP contribution is -2.21. The Morgan fingerprint density at radius 1 is 1.13 bits per heavy atom. The highest BCUT2D eigenvalue weighted by Gasteiger charge is 2.28. The average molecular weight is 500 g/mol. The number of halogens is 2. The number of carbonyl (C=O) groups excluding carboxylic acids is 1. The van der Waals surface area contributed by atoms with Crippen LogP contribution in [0, 0.1) is 0 Å². The summed E-state index contributed by atoms with van der Waals surface area (Å²) < 4.78 is 2.66. The molecule has 30 heavy (non-hydrogen) atoms. The van der Waals surface area contributed by atoms with Gasteiger partial charge in [0.1, 0.15) is 0 Å². The molecule has 0 N–H and O–H groups in total. The minimum absolute atomic E-state index is 0.0767. The molecule has 5 rings (SSSR count). The third kappa shape index (κ3) is 4.02.